The molecule has 0 unspecified atom stereocenters. The molecule has 106 valence electrons. The summed E-state index contributed by atoms with van der Waals surface area (Å²) in [6, 6.07) is 10.2. The number of amides is 1. The number of rotatable bonds is 6. The molecule has 0 heterocycles. The van der Waals surface area contributed by atoms with Crippen LogP contribution in [-0.4, -0.2) is 31.6 Å². The lowest BCUT2D eigenvalue weighted by molar-refractivity contribution is -0.142. The van der Waals surface area contributed by atoms with E-state index in [0.29, 0.717) is 6.61 Å². The monoisotopic (exact) mass is 263 g/mol. The van der Waals surface area contributed by atoms with E-state index in [1.807, 2.05) is 44.0 Å². The number of carbonyl (C=O) groups excluding carboxylic acids is 1. The molecule has 1 aromatic rings. The van der Waals surface area contributed by atoms with Crippen LogP contribution in [0.25, 0.3) is 0 Å². The minimum atomic E-state index is -0.395. The molecule has 3 heteroatoms. The Labute approximate surface area is 116 Å². The van der Waals surface area contributed by atoms with E-state index in [1.54, 1.807) is 7.11 Å². The Bertz CT molecular complexity index is 400. The van der Waals surface area contributed by atoms with E-state index in [-0.39, 0.29) is 11.9 Å². The topological polar surface area (TPSA) is 29.5 Å². The van der Waals surface area contributed by atoms with E-state index in [4.69, 9.17) is 4.74 Å². The lowest BCUT2D eigenvalue weighted by Gasteiger charge is -2.33. The lowest BCUT2D eigenvalue weighted by Crippen LogP contribution is -2.40. The third kappa shape index (κ3) is 4.06. The largest absolute Gasteiger partial charge is 0.385 e. The van der Waals surface area contributed by atoms with Gasteiger partial charge in [0.1, 0.15) is 0 Å². The fourth-order valence-corrected chi connectivity index (χ4v) is 2.07. The van der Waals surface area contributed by atoms with Crippen LogP contribution in [0.1, 0.15) is 38.8 Å². The Hall–Kier alpha value is -1.35. The standard InChI is InChI=1S/C16H25NO2/c1-13(14-9-7-6-8-10-14)17(4)15(18)16(2,3)11-12-19-5/h6-10,13H,11-12H2,1-5H3/t13-/m1/s1. The van der Waals surface area contributed by atoms with Crippen LogP contribution in [0.2, 0.25) is 0 Å². The zero-order chi connectivity index (χ0) is 14.5. The summed E-state index contributed by atoms with van der Waals surface area (Å²) >= 11 is 0. The van der Waals surface area contributed by atoms with Crippen LogP contribution < -0.4 is 0 Å². The smallest absolute Gasteiger partial charge is 0.228 e. The molecule has 1 atom stereocenters. The Morgan fingerprint density at radius 2 is 1.89 bits per heavy atom. The molecule has 0 bridgehead atoms. The summed E-state index contributed by atoms with van der Waals surface area (Å²) in [6.45, 7) is 6.61. The molecule has 19 heavy (non-hydrogen) atoms. The predicted octanol–water partition coefficient (Wildman–Crippen LogP) is 3.27. The van der Waals surface area contributed by atoms with Crippen LogP contribution in [0.4, 0.5) is 0 Å². The third-order valence-electron chi connectivity index (χ3n) is 3.69. The Morgan fingerprint density at radius 3 is 2.42 bits per heavy atom. The van der Waals surface area contributed by atoms with E-state index in [0.717, 1.165) is 12.0 Å². The fourth-order valence-electron chi connectivity index (χ4n) is 2.07. The molecule has 1 amide bonds. The maximum absolute atomic E-state index is 12.6. The molecule has 0 saturated heterocycles. The first-order chi connectivity index (χ1) is 8.90. The number of hydrogen-bond donors (Lipinski definition) is 0. The van der Waals surface area contributed by atoms with Gasteiger partial charge in [0.05, 0.1) is 6.04 Å². The number of hydrogen-bond acceptors (Lipinski definition) is 2. The summed E-state index contributed by atoms with van der Waals surface area (Å²) in [6.07, 6.45) is 0.730. The van der Waals surface area contributed by atoms with Gasteiger partial charge in [-0.15, -0.1) is 0 Å². The highest BCUT2D eigenvalue weighted by atomic mass is 16.5. The van der Waals surface area contributed by atoms with Crippen molar-refractivity contribution in [3.63, 3.8) is 0 Å². The van der Waals surface area contributed by atoms with E-state index in [1.165, 1.54) is 0 Å². The SMILES string of the molecule is COCCC(C)(C)C(=O)N(C)[C@H](C)c1ccccc1. The summed E-state index contributed by atoms with van der Waals surface area (Å²) in [7, 11) is 3.53. The van der Waals surface area contributed by atoms with E-state index >= 15 is 0 Å². The van der Waals surface area contributed by atoms with Crippen molar-refractivity contribution in [1.29, 1.82) is 0 Å². The van der Waals surface area contributed by atoms with Gasteiger partial charge in [-0.3, -0.25) is 4.79 Å². The van der Waals surface area contributed by atoms with Crippen LogP contribution >= 0.6 is 0 Å². The summed E-state index contributed by atoms with van der Waals surface area (Å²) in [5.74, 6) is 0.154. The molecule has 0 N–H and O–H groups in total. The molecular weight excluding hydrogens is 238 g/mol. The predicted molar refractivity (Wildman–Crippen MR) is 77.9 cm³/mol. The van der Waals surface area contributed by atoms with Crippen molar-refractivity contribution in [3.05, 3.63) is 35.9 Å². The first kappa shape index (κ1) is 15.7. The van der Waals surface area contributed by atoms with Crippen molar-refractivity contribution in [3.8, 4) is 0 Å². The molecule has 3 nitrogen and oxygen atoms in total. The van der Waals surface area contributed by atoms with Gasteiger partial charge in [0.2, 0.25) is 5.91 Å². The van der Waals surface area contributed by atoms with Gasteiger partial charge in [0.25, 0.3) is 0 Å². The zero-order valence-electron chi connectivity index (χ0n) is 12.6. The van der Waals surface area contributed by atoms with E-state index < -0.39 is 5.41 Å². The van der Waals surface area contributed by atoms with Gasteiger partial charge < -0.3 is 9.64 Å². The van der Waals surface area contributed by atoms with Gasteiger partial charge in [-0.05, 0) is 18.9 Å². The third-order valence-corrected chi connectivity index (χ3v) is 3.69. The van der Waals surface area contributed by atoms with Crippen molar-refractivity contribution in [2.24, 2.45) is 5.41 Å². The van der Waals surface area contributed by atoms with Crippen LogP contribution in [0.3, 0.4) is 0 Å². The quantitative estimate of drug-likeness (QED) is 0.788. The van der Waals surface area contributed by atoms with Crippen molar-refractivity contribution >= 4 is 5.91 Å². The van der Waals surface area contributed by atoms with Crippen molar-refractivity contribution in [1.82, 2.24) is 4.90 Å². The van der Waals surface area contributed by atoms with E-state index in [2.05, 4.69) is 19.1 Å². The lowest BCUT2D eigenvalue weighted by atomic mass is 9.87. The number of ether oxygens (including phenoxy) is 1. The van der Waals surface area contributed by atoms with Gasteiger partial charge in [-0.2, -0.15) is 0 Å². The molecule has 0 aliphatic rings. The molecular formula is C16H25NO2. The Balaban J connectivity index is 2.76. The summed E-state index contributed by atoms with van der Waals surface area (Å²) < 4.78 is 5.08. The highest BCUT2D eigenvalue weighted by Crippen LogP contribution is 2.28. The van der Waals surface area contributed by atoms with Gasteiger partial charge in [-0.1, -0.05) is 44.2 Å². The van der Waals surface area contributed by atoms with Crippen molar-refractivity contribution in [2.45, 2.75) is 33.2 Å². The summed E-state index contributed by atoms with van der Waals surface area (Å²) in [5.41, 5.74) is 0.759. The normalized spacial score (nSPS) is 13.1. The minimum absolute atomic E-state index is 0.0792. The average molecular weight is 263 g/mol. The van der Waals surface area contributed by atoms with Crippen molar-refractivity contribution < 1.29 is 9.53 Å². The van der Waals surface area contributed by atoms with Gasteiger partial charge >= 0.3 is 0 Å². The van der Waals surface area contributed by atoms with Gasteiger partial charge in [-0.25, -0.2) is 0 Å². The Kier molecular flexibility index (Phi) is 5.55. The van der Waals surface area contributed by atoms with E-state index in [9.17, 15) is 4.79 Å². The molecule has 0 aliphatic carbocycles. The first-order valence-electron chi connectivity index (χ1n) is 6.71. The van der Waals surface area contributed by atoms with Gasteiger partial charge in [0.15, 0.2) is 0 Å². The summed E-state index contributed by atoms with van der Waals surface area (Å²) in [4.78, 5) is 14.4. The number of benzene rings is 1. The highest BCUT2D eigenvalue weighted by Gasteiger charge is 2.32. The van der Waals surface area contributed by atoms with Gasteiger partial charge in [0, 0.05) is 26.2 Å². The van der Waals surface area contributed by atoms with Crippen LogP contribution in [0.15, 0.2) is 30.3 Å². The summed E-state index contributed by atoms with van der Waals surface area (Å²) in [5, 5.41) is 0. The first-order valence-corrected chi connectivity index (χ1v) is 6.71. The fraction of sp³-hybridized carbons (Fsp3) is 0.562. The number of methoxy groups -OCH3 is 1. The van der Waals surface area contributed by atoms with Crippen molar-refractivity contribution in [2.75, 3.05) is 20.8 Å². The molecule has 0 aromatic heterocycles. The maximum atomic E-state index is 12.6. The molecule has 1 rings (SSSR count). The molecule has 0 aliphatic heterocycles. The molecule has 0 saturated carbocycles. The minimum Gasteiger partial charge on any atom is -0.385 e. The molecule has 0 fully saturated rings. The second-order valence-corrected chi connectivity index (χ2v) is 5.63. The number of nitrogens with zero attached hydrogens (tertiary/aromatic N) is 1. The average Bonchev–Trinajstić information content (AvgIpc) is 2.43. The number of carbonyl (C=O) groups is 1. The second-order valence-electron chi connectivity index (χ2n) is 5.63. The highest BCUT2D eigenvalue weighted by molar-refractivity contribution is 5.82. The maximum Gasteiger partial charge on any atom is 0.228 e. The zero-order valence-corrected chi connectivity index (χ0v) is 12.6. The van der Waals surface area contributed by atoms with Crippen LogP contribution in [0.5, 0.6) is 0 Å². The molecule has 1 aromatic carbocycles. The molecule has 0 spiro atoms. The van der Waals surface area contributed by atoms with Crippen LogP contribution in [-0.2, 0) is 9.53 Å². The van der Waals surface area contributed by atoms with Crippen LogP contribution in [0, 0.1) is 5.41 Å². The second kappa shape index (κ2) is 6.71. The Morgan fingerprint density at radius 1 is 1.32 bits per heavy atom. The molecule has 0 radical (unpaired) electrons.